The Balaban J connectivity index is 1.87. The zero-order valence-corrected chi connectivity index (χ0v) is 22.1. The highest BCUT2D eigenvalue weighted by molar-refractivity contribution is 14.1. The van der Waals surface area contributed by atoms with E-state index in [1.165, 1.54) is 12.7 Å². The summed E-state index contributed by atoms with van der Waals surface area (Å²) in [7, 11) is -2.82. The lowest BCUT2D eigenvalue weighted by Crippen LogP contribution is -2.42. The number of hydrogen-bond donors (Lipinski definition) is 2. The number of aromatic hydroxyl groups is 1. The van der Waals surface area contributed by atoms with Crippen LogP contribution in [-0.4, -0.2) is 49.9 Å². The molecule has 32 heavy (non-hydrogen) atoms. The Morgan fingerprint density at radius 1 is 1.38 bits per heavy atom. The molecule has 6 nitrogen and oxygen atoms in total. The van der Waals surface area contributed by atoms with Gasteiger partial charge in [0.25, 0.3) is 0 Å². The summed E-state index contributed by atoms with van der Waals surface area (Å²) in [6, 6.07) is 3.72. The molecule has 0 spiro atoms. The summed E-state index contributed by atoms with van der Waals surface area (Å²) in [5.41, 5.74) is 3.98. The molecule has 3 rings (SSSR count). The maximum atomic E-state index is 12.8. The van der Waals surface area contributed by atoms with Crippen LogP contribution in [0.25, 0.3) is 6.08 Å². The van der Waals surface area contributed by atoms with Crippen LogP contribution in [0, 0.1) is 9.49 Å². The number of benzene rings is 1. The van der Waals surface area contributed by atoms with Gasteiger partial charge in [-0.2, -0.15) is 0 Å². The van der Waals surface area contributed by atoms with Crippen LogP contribution < -0.4 is 4.74 Å². The van der Waals surface area contributed by atoms with Crippen LogP contribution >= 0.6 is 22.6 Å². The Kier molecular flexibility index (Phi) is 8.38. The largest absolute Gasteiger partial charge is 0.504 e. The fraction of sp³-hybridized carbons (Fsp3) is 0.565. The van der Waals surface area contributed by atoms with Crippen LogP contribution in [0.4, 0.5) is 0 Å². The first-order valence-electron chi connectivity index (χ1n) is 11.1. The van der Waals surface area contributed by atoms with E-state index in [9.17, 15) is 18.5 Å². The van der Waals surface area contributed by atoms with Gasteiger partial charge >= 0.3 is 7.12 Å². The monoisotopic (exact) mass is 574 g/mol. The summed E-state index contributed by atoms with van der Waals surface area (Å²) in [4.78, 5) is 0. The van der Waals surface area contributed by atoms with E-state index < -0.39 is 28.3 Å². The fourth-order valence-corrected chi connectivity index (χ4v) is 7.60. The zero-order valence-electron chi connectivity index (χ0n) is 19.1. The van der Waals surface area contributed by atoms with Gasteiger partial charge in [0.2, 0.25) is 0 Å². The van der Waals surface area contributed by atoms with Crippen molar-refractivity contribution in [3.63, 3.8) is 0 Å². The second kappa shape index (κ2) is 10.5. The molecule has 0 saturated carbocycles. The average Bonchev–Trinajstić information content (AvgIpc) is 3.00. The number of phenolic OH excluding ortho intramolecular Hbond substituents is 1. The van der Waals surface area contributed by atoms with Gasteiger partial charge in [0.1, 0.15) is 0 Å². The molecule has 0 bridgehead atoms. The fourth-order valence-electron chi connectivity index (χ4n) is 4.69. The lowest BCUT2D eigenvalue weighted by atomic mass is 9.73. The molecule has 1 fully saturated rings. The minimum atomic E-state index is -3.29. The molecule has 2 atom stereocenters. The standard InChI is InChI=1S/C23H32BIO6S/c1-5-6-15(9-16-10-18(25)23(26)20(11-16)30-4)7-8-19-22-17(14(2)3)13-32(28,29)21(22)12-24(27)31-19/h9-11,14,19,21,26-27H,5-8,12-13H2,1-4H3/b15-9+/t19-,21+/m1/s1. The molecule has 2 aliphatic rings. The van der Waals surface area contributed by atoms with Crippen molar-refractivity contribution < 1.29 is 27.9 Å². The molecular formula is C23H32BIO6S. The molecule has 1 aromatic carbocycles. The Morgan fingerprint density at radius 2 is 2.09 bits per heavy atom. The van der Waals surface area contributed by atoms with Crippen LogP contribution in [0.3, 0.4) is 0 Å². The lowest BCUT2D eigenvalue weighted by molar-refractivity contribution is 0.169. The Bertz CT molecular complexity index is 1020. The maximum Gasteiger partial charge on any atom is 0.456 e. The van der Waals surface area contributed by atoms with Crippen molar-refractivity contribution in [3.8, 4) is 11.5 Å². The molecule has 0 aromatic heterocycles. The van der Waals surface area contributed by atoms with Gasteiger partial charge in [-0.1, -0.05) is 38.8 Å². The highest BCUT2D eigenvalue weighted by Crippen LogP contribution is 2.42. The first-order valence-corrected chi connectivity index (χ1v) is 13.9. The third kappa shape index (κ3) is 5.54. The maximum absolute atomic E-state index is 12.8. The van der Waals surface area contributed by atoms with Gasteiger partial charge in [0.05, 0.1) is 27.8 Å². The third-order valence-corrected chi connectivity index (χ3v) is 9.08. The van der Waals surface area contributed by atoms with E-state index in [4.69, 9.17) is 9.39 Å². The number of fused-ring (bicyclic) bond motifs is 1. The highest BCUT2D eigenvalue weighted by Gasteiger charge is 2.48. The minimum absolute atomic E-state index is 0.0701. The van der Waals surface area contributed by atoms with E-state index in [-0.39, 0.29) is 23.7 Å². The quantitative estimate of drug-likeness (QED) is 0.268. The summed E-state index contributed by atoms with van der Waals surface area (Å²) in [6.45, 7) is 6.16. The molecular weight excluding hydrogens is 542 g/mol. The van der Waals surface area contributed by atoms with Crippen molar-refractivity contribution >= 4 is 45.6 Å². The second-order valence-corrected chi connectivity index (χ2v) is 12.2. The van der Waals surface area contributed by atoms with Gasteiger partial charge in [0.15, 0.2) is 21.3 Å². The smallest absolute Gasteiger partial charge is 0.456 e. The van der Waals surface area contributed by atoms with Crippen LogP contribution in [0.2, 0.25) is 6.32 Å². The van der Waals surface area contributed by atoms with Crippen LogP contribution in [0.1, 0.15) is 52.0 Å². The molecule has 176 valence electrons. The molecule has 2 N–H and O–H groups in total. The normalized spacial score (nSPS) is 23.1. The Hall–Kier alpha value is -1.04. The summed E-state index contributed by atoms with van der Waals surface area (Å²) in [6.07, 6.45) is 5.05. The second-order valence-electron chi connectivity index (χ2n) is 8.89. The molecule has 1 saturated heterocycles. The zero-order chi connectivity index (χ0) is 23.6. The third-order valence-electron chi connectivity index (χ3n) is 6.23. The first-order chi connectivity index (χ1) is 15.1. The number of phenols is 1. The number of halogens is 1. The molecule has 9 heteroatoms. The van der Waals surface area contributed by atoms with E-state index in [2.05, 4.69) is 35.6 Å². The molecule has 0 radical (unpaired) electrons. The van der Waals surface area contributed by atoms with E-state index in [0.29, 0.717) is 15.7 Å². The van der Waals surface area contributed by atoms with Gasteiger partial charge in [0, 0.05) is 6.32 Å². The SMILES string of the molecule is CCC/C(=C\c1cc(I)c(O)c(OC)c1)CC[C@H]1OB(O)C[C@H]2C1=C(C(C)C)CS2(=O)=O. The van der Waals surface area contributed by atoms with Gasteiger partial charge in [-0.15, -0.1) is 0 Å². The molecule has 0 amide bonds. The number of hydrogen-bond acceptors (Lipinski definition) is 6. The van der Waals surface area contributed by atoms with Crippen LogP contribution in [-0.2, 0) is 14.5 Å². The lowest BCUT2D eigenvalue weighted by Gasteiger charge is -2.32. The number of rotatable bonds is 8. The Morgan fingerprint density at radius 3 is 2.72 bits per heavy atom. The summed E-state index contributed by atoms with van der Waals surface area (Å²) < 4.78 is 37.4. The van der Waals surface area contributed by atoms with Gasteiger partial charge in [-0.25, -0.2) is 8.42 Å². The van der Waals surface area contributed by atoms with Crippen LogP contribution in [0.5, 0.6) is 11.5 Å². The van der Waals surface area contributed by atoms with Gasteiger partial charge < -0.3 is 19.5 Å². The Labute approximate surface area is 205 Å². The van der Waals surface area contributed by atoms with Gasteiger partial charge in [-0.05, 0) is 76.6 Å². The number of sulfone groups is 1. The van der Waals surface area contributed by atoms with Crippen molar-refractivity contribution in [3.05, 3.63) is 38.0 Å². The van der Waals surface area contributed by atoms with Crippen molar-refractivity contribution in [2.75, 3.05) is 12.9 Å². The van der Waals surface area contributed by atoms with Crippen molar-refractivity contribution in [2.24, 2.45) is 5.92 Å². The summed E-state index contributed by atoms with van der Waals surface area (Å²) >= 11 is 2.08. The van der Waals surface area contributed by atoms with E-state index >= 15 is 0 Å². The van der Waals surface area contributed by atoms with Crippen molar-refractivity contribution in [1.82, 2.24) is 0 Å². The first kappa shape index (κ1) is 25.6. The van der Waals surface area contributed by atoms with Gasteiger partial charge in [-0.3, -0.25) is 0 Å². The van der Waals surface area contributed by atoms with E-state index in [0.717, 1.165) is 36.0 Å². The van der Waals surface area contributed by atoms with Crippen LogP contribution in [0.15, 0.2) is 28.9 Å². The topological polar surface area (TPSA) is 93.1 Å². The number of methoxy groups -OCH3 is 1. The number of allylic oxidation sites excluding steroid dienone is 1. The van der Waals surface area contributed by atoms with Crippen molar-refractivity contribution in [2.45, 2.75) is 64.1 Å². The van der Waals surface area contributed by atoms with E-state index in [1.807, 2.05) is 26.0 Å². The van der Waals surface area contributed by atoms with Crippen molar-refractivity contribution in [1.29, 1.82) is 0 Å². The summed E-state index contributed by atoms with van der Waals surface area (Å²) in [5.74, 6) is 0.765. The summed E-state index contributed by atoms with van der Waals surface area (Å²) in [5, 5.41) is 19.7. The van der Waals surface area contributed by atoms with E-state index in [1.54, 1.807) is 0 Å². The molecule has 2 heterocycles. The molecule has 0 unspecified atom stereocenters. The minimum Gasteiger partial charge on any atom is -0.504 e. The molecule has 2 aliphatic heterocycles. The molecule has 1 aromatic rings. The predicted molar refractivity (Wildman–Crippen MR) is 137 cm³/mol. The highest BCUT2D eigenvalue weighted by atomic mass is 127. The predicted octanol–water partition coefficient (Wildman–Crippen LogP) is 4.60. The number of ether oxygens (including phenoxy) is 1. The molecule has 0 aliphatic carbocycles. The average molecular weight is 574 g/mol.